The summed E-state index contributed by atoms with van der Waals surface area (Å²) in [5.74, 6) is -0.245. The summed E-state index contributed by atoms with van der Waals surface area (Å²) >= 11 is 0. The Morgan fingerprint density at radius 2 is 2.00 bits per heavy atom. The number of aliphatic hydroxyl groups is 1. The summed E-state index contributed by atoms with van der Waals surface area (Å²) in [4.78, 5) is 37.6. The van der Waals surface area contributed by atoms with Gasteiger partial charge in [0.05, 0.1) is 18.9 Å². The maximum absolute atomic E-state index is 12.1. The summed E-state index contributed by atoms with van der Waals surface area (Å²) in [6.07, 6.45) is 2.68. The van der Waals surface area contributed by atoms with Crippen LogP contribution in [0, 0.1) is 6.92 Å². The van der Waals surface area contributed by atoms with Gasteiger partial charge in [-0.1, -0.05) is 29.8 Å². The SMILES string of the molecule is Cc1ccc(C(=O)/C=C/c2cc(=O)[nH]c(=O)n2COCCO)cc1. The molecule has 0 fully saturated rings. The van der Waals surface area contributed by atoms with Crippen molar-refractivity contribution < 1.29 is 14.6 Å². The molecule has 1 aromatic carbocycles. The molecule has 7 heteroatoms. The number of ketones is 1. The van der Waals surface area contributed by atoms with Crippen LogP contribution in [-0.2, 0) is 11.5 Å². The Morgan fingerprint density at radius 1 is 1.29 bits per heavy atom. The highest BCUT2D eigenvalue weighted by molar-refractivity contribution is 6.06. The molecule has 0 radical (unpaired) electrons. The fourth-order valence-electron chi connectivity index (χ4n) is 2.01. The molecule has 1 aromatic heterocycles. The van der Waals surface area contributed by atoms with Gasteiger partial charge in [-0.05, 0) is 19.1 Å². The average Bonchev–Trinajstić information content (AvgIpc) is 2.55. The number of hydrogen-bond acceptors (Lipinski definition) is 5. The Morgan fingerprint density at radius 3 is 2.67 bits per heavy atom. The molecule has 0 aliphatic rings. The van der Waals surface area contributed by atoms with E-state index in [1.54, 1.807) is 12.1 Å². The Balaban J connectivity index is 2.27. The molecule has 7 nitrogen and oxygen atoms in total. The second-order valence-corrected chi connectivity index (χ2v) is 5.12. The number of carbonyl (C=O) groups excluding carboxylic acids is 1. The Kier molecular flexibility index (Phi) is 6.00. The predicted octanol–water partition coefficient (Wildman–Crippen LogP) is 0.708. The summed E-state index contributed by atoms with van der Waals surface area (Å²) in [5.41, 5.74) is 0.568. The standard InChI is InChI=1S/C17H18N2O5/c1-12-2-4-13(5-3-12)15(21)7-6-14-10-16(22)18-17(23)19(14)11-24-9-8-20/h2-7,10,20H,8-9,11H2,1H3,(H,18,22,23)/b7-6+. The highest BCUT2D eigenvalue weighted by Gasteiger charge is 2.06. The highest BCUT2D eigenvalue weighted by atomic mass is 16.5. The maximum Gasteiger partial charge on any atom is 0.330 e. The molecule has 2 rings (SSSR count). The van der Waals surface area contributed by atoms with Gasteiger partial charge in [-0.2, -0.15) is 0 Å². The number of allylic oxidation sites excluding steroid dienone is 1. The molecule has 0 unspecified atom stereocenters. The summed E-state index contributed by atoms with van der Waals surface area (Å²) in [6, 6.07) is 8.26. The number of rotatable bonds is 7. The molecule has 0 atom stereocenters. The van der Waals surface area contributed by atoms with Gasteiger partial charge < -0.3 is 9.84 Å². The van der Waals surface area contributed by atoms with Crippen LogP contribution < -0.4 is 11.2 Å². The Labute approximate surface area is 137 Å². The number of hydrogen-bond donors (Lipinski definition) is 2. The number of aromatic nitrogens is 2. The number of nitrogens with one attached hydrogen (secondary N) is 1. The smallest absolute Gasteiger partial charge is 0.330 e. The van der Waals surface area contributed by atoms with E-state index in [2.05, 4.69) is 4.98 Å². The van der Waals surface area contributed by atoms with Gasteiger partial charge in [-0.15, -0.1) is 0 Å². The van der Waals surface area contributed by atoms with Crippen molar-refractivity contribution in [2.24, 2.45) is 0 Å². The monoisotopic (exact) mass is 330 g/mol. The van der Waals surface area contributed by atoms with Gasteiger partial charge in [-0.25, -0.2) is 4.79 Å². The zero-order chi connectivity index (χ0) is 17.5. The number of aliphatic hydroxyl groups excluding tert-OH is 1. The van der Waals surface area contributed by atoms with Crippen molar-refractivity contribution >= 4 is 11.9 Å². The molecule has 2 aromatic rings. The number of ether oxygens (including phenoxy) is 1. The lowest BCUT2D eigenvalue weighted by Gasteiger charge is -2.09. The lowest BCUT2D eigenvalue weighted by atomic mass is 10.1. The molecule has 0 aliphatic heterocycles. The fraction of sp³-hybridized carbons (Fsp3) is 0.235. The van der Waals surface area contributed by atoms with Crippen molar-refractivity contribution in [3.05, 3.63) is 74.1 Å². The fourth-order valence-corrected chi connectivity index (χ4v) is 2.01. The molecule has 0 bridgehead atoms. The number of benzene rings is 1. The minimum absolute atomic E-state index is 0.0526. The van der Waals surface area contributed by atoms with Crippen molar-refractivity contribution in [2.45, 2.75) is 13.7 Å². The summed E-state index contributed by atoms with van der Waals surface area (Å²) in [5, 5.41) is 8.72. The van der Waals surface area contributed by atoms with E-state index >= 15 is 0 Å². The molecule has 0 amide bonds. The lowest BCUT2D eigenvalue weighted by molar-refractivity contribution is 0.0453. The predicted molar refractivity (Wildman–Crippen MR) is 88.9 cm³/mol. The quantitative estimate of drug-likeness (QED) is 0.442. The van der Waals surface area contributed by atoms with E-state index in [0.717, 1.165) is 10.1 Å². The normalized spacial score (nSPS) is 11.1. The minimum atomic E-state index is -0.650. The van der Waals surface area contributed by atoms with Crippen LogP contribution in [0.4, 0.5) is 0 Å². The van der Waals surface area contributed by atoms with Crippen molar-refractivity contribution in [2.75, 3.05) is 13.2 Å². The van der Waals surface area contributed by atoms with Crippen LogP contribution in [0.25, 0.3) is 6.08 Å². The number of H-pyrrole nitrogens is 1. The van der Waals surface area contributed by atoms with Crippen LogP contribution in [0.3, 0.4) is 0 Å². The number of nitrogens with zero attached hydrogens (tertiary/aromatic N) is 1. The first kappa shape index (κ1) is 17.6. The summed E-state index contributed by atoms with van der Waals surface area (Å²) in [7, 11) is 0. The summed E-state index contributed by atoms with van der Waals surface area (Å²) in [6.45, 7) is 1.65. The van der Waals surface area contributed by atoms with Gasteiger partial charge >= 0.3 is 5.69 Å². The average molecular weight is 330 g/mol. The van der Waals surface area contributed by atoms with Crippen LogP contribution in [-0.4, -0.2) is 33.7 Å². The molecular formula is C17H18N2O5. The second-order valence-electron chi connectivity index (χ2n) is 5.12. The Hall–Kier alpha value is -2.77. The van der Waals surface area contributed by atoms with Gasteiger partial charge in [0, 0.05) is 11.6 Å². The maximum atomic E-state index is 12.1. The molecule has 126 valence electrons. The van der Waals surface area contributed by atoms with E-state index in [4.69, 9.17) is 9.84 Å². The van der Waals surface area contributed by atoms with E-state index in [1.165, 1.54) is 18.2 Å². The first-order valence-electron chi connectivity index (χ1n) is 7.33. The molecule has 0 saturated carbocycles. The van der Waals surface area contributed by atoms with Crippen molar-refractivity contribution in [1.82, 2.24) is 9.55 Å². The summed E-state index contributed by atoms with van der Waals surface area (Å²) < 4.78 is 6.27. The van der Waals surface area contributed by atoms with Crippen molar-refractivity contribution in [1.29, 1.82) is 0 Å². The molecule has 0 spiro atoms. The van der Waals surface area contributed by atoms with Crippen LogP contribution >= 0.6 is 0 Å². The zero-order valence-corrected chi connectivity index (χ0v) is 13.2. The van der Waals surface area contributed by atoms with E-state index in [0.29, 0.717) is 5.56 Å². The molecule has 1 heterocycles. The van der Waals surface area contributed by atoms with Crippen LogP contribution in [0.1, 0.15) is 21.6 Å². The molecule has 24 heavy (non-hydrogen) atoms. The van der Waals surface area contributed by atoms with Crippen molar-refractivity contribution in [3.8, 4) is 0 Å². The zero-order valence-electron chi connectivity index (χ0n) is 13.2. The molecule has 0 aliphatic carbocycles. The van der Waals surface area contributed by atoms with E-state index in [-0.39, 0.29) is 31.4 Å². The van der Waals surface area contributed by atoms with Gasteiger partial charge in [0.1, 0.15) is 6.73 Å². The first-order valence-corrected chi connectivity index (χ1v) is 7.33. The molecular weight excluding hydrogens is 312 g/mol. The third kappa shape index (κ3) is 4.61. The minimum Gasteiger partial charge on any atom is -0.394 e. The van der Waals surface area contributed by atoms with Crippen LogP contribution in [0.5, 0.6) is 0 Å². The van der Waals surface area contributed by atoms with E-state index < -0.39 is 11.2 Å². The first-order chi connectivity index (χ1) is 11.5. The van der Waals surface area contributed by atoms with Gasteiger partial charge in [-0.3, -0.25) is 19.1 Å². The number of aromatic amines is 1. The van der Waals surface area contributed by atoms with Crippen molar-refractivity contribution in [3.63, 3.8) is 0 Å². The lowest BCUT2D eigenvalue weighted by Crippen LogP contribution is -2.32. The third-order valence-corrected chi connectivity index (χ3v) is 3.26. The van der Waals surface area contributed by atoms with E-state index in [9.17, 15) is 14.4 Å². The second kappa shape index (κ2) is 8.19. The van der Waals surface area contributed by atoms with Crippen LogP contribution in [0.15, 0.2) is 46.0 Å². The topological polar surface area (TPSA) is 101 Å². The van der Waals surface area contributed by atoms with Gasteiger partial charge in [0.2, 0.25) is 0 Å². The van der Waals surface area contributed by atoms with Crippen LogP contribution in [0.2, 0.25) is 0 Å². The number of aryl methyl sites for hydroxylation is 1. The largest absolute Gasteiger partial charge is 0.394 e. The molecule has 0 saturated heterocycles. The highest BCUT2D eigenvalue weighted by Crippen LogP contribution is 2.06. The molecule has 2 N–H and O–H groups in total. The third-order valence-electron chi connectivity index (χ3n) is 3.26. The van der Waals surface area contributed by atoms with Gasteiger partial charge in [0.15, 0.2) is 5.78 Å². The number of carbonyl (C=O) groups is 1. The Bertz CT molecular complexity index is 847. The van der Waals surface area contributed by atoms with E-state index in [1.807, 2.05) is 19.1 Å². The van der Waals surface area contributed by atoms with Gasteiger partial charge in [0.25, 0.3) is 5.56 Å².